The van der Waals surface area contributed by atoms with Crippen LogP contribution in [-0.4, -0.2) is 36.9 Å². The normalized spacial score (nSPS) is 13.3. The van der Waals surface area contributed by atoms with Crippen LogP contribution in [0.5, 0.6) is 5.75 Å². The number of Topliss-reactive ketones (excluding diaryl/α,β-unsaturated/α-hetero) is 1. The van der Waals surface area contributed by atoms with Gasteiger partial charge in [-0.25, -0.2) is 0 Å². The molecule has 0 aliphatic rings. The second-order valence-electron chi connectivity index (χ2n) is 5.05. The lowest BCUT2D eigenvalue weighted by molar-refractivity contribution is -0.127. The van der Waals surface area contributed by atoms with Crippen molar-refractivity contribution in [2.45, 2.75) is 39.8 Å². The molecule has 1 unspecified atom stereocenters. The number of carbonyl (C=O) groups is 2. The third kappa shape index (κ3) is 5.95. The number of hydrogen-bond donors (Lipinski definition) is 2. The zero-order valence-electron chi connectivity index (χ0n) is 13.1. The molecule has 21 heavy (non-hydrogen) atoms. The maximum Gasteiger partial charge on any atom is 0.260 e. The van der Waals surface area contributed by atoms with Crippen LogP contribution >= 0.6 is 0 Å². The van der Waals surface area contributed by atoms with Crippen LogP contribution < -0.4 is 15.4 Å². The Morgan fingerprint density at radius 3 is 2.62 bits per heavy atom. The molecule has 0 fully saturated rings. The Labute approximate surface area is 126 Å². The van der Waals surface area contributed by atoms with Crippen LogP contribution in [0.2, 0.25) is 0 Å². The van der Waals surface area contributed by atoms with Crippen molar-refractivity contribution in [3.05, 3.63) is 29.8 Å². The summed E-state index contributed by atoms with van der Waals surface area (Å²) >= 11 is 0. The van der Waals surface area contributed by atoms with Gasteiger partial charge in [0, 0.05) is 18.2 Å². The average Bonchev–Trinajstić information content (AvgIpc) is 2.45. The molecular weight excluding hydrogens is 268 g/mol. The van der Waals surface area contributed by atoms with Gasteiger partial charge < -0.3 is 15.4 Å². The Bertz CT molecular complexity index is 488. The van der Waals surface area contributed by atoms with Gasteiger partial charge in [-0.1, -0.05) is 19.1 Å². The zero-order valence-corrected chi connectivity index (χ0v) is 13.1. The van der Waals surface area contributed by atoms with Gasteiger partial charge in [0.2, 0.25) is 0 Å². The molecule has 1 aromatic carbocycles. The van der Waals surface area contributed by atoms with Crippen molar-refractivity contribution in [3.63, 3.8) is 0 Å². The predicted octanol–water partition coefficient (Wildman–Crippen LogP) is 1.77. The van der Waals surface area contributed by atoms with E-state index >= 15 is 0 Å². The molecule has 2 N–H and O–H groups in total. The van der Waals surface area contributed by atoms with E-state index in [1.165, 1.54) is 6.92 Å². The van der Waals surface area contributed by atoms with Gasteiger partial charge in [-0.05, 0) is 39.4 Å². The highest BCUT2D eigenvalue weighted by molar-refractivity contribution is 5.94. The largest absolute Gasteiger partial charge is 0.481 e. The van der Waals surface area contributed by atoms with Crippen molar-refractivity contribution in [3.8, 4) is 5.75 Å². The van der Waals surface area contributed by atoms with Gasteiger partial charge in [-0.3, -0.25) is 9.59 Å². The van der Waals surface area contributed by atoms with Crippen LogP contribution in [0.15, 0.2) is 24.3 Å². The third-order valence-electron chi connectivity index (χ3n) is 3.06. The second kappa shape index (κ2) is 8.42. The van der Waals surface area contributed by atoms with Crippen molar-refractivity contribution in [1.29, 1.82) is 0 Å². The van der Waals surface area contributed by atoms with Crippen LogP contribution in [0.1, 0.15) is 38.1 Å². The minimum Gasteiger partial charge on any atom is -0.481 e. The van der Waals surface area contributed by atoms with Crippen molar-refractivity contribution in [2.75, 3.05) is 13.1 Å². The van der Waals surface area contributed by atoms with E-state index in [0.29, 0.717) is 17.9 Å². The molecule has 1 aromatic rings. The quantitative estimate of drug-likeness (QED) is 0.717. The molecule has 0 saturated heterocycles. The maximum atomic E-state index is 11.9. The Hall–Kier alpha value is -1.88. The van der Waals surface area contributed by atoms with E-state index in [2.05, 4.69) is 10.6 Å². The number of rotatable bonds is 8. The number of likely N-dealkylation sites (N-methyl/N-ethyl adjacent to an activating group) is 1. The van der Waals surface area contributed by atoms with E-state index in [1.54, 1.807) is 31.2 Å². The molecule has 0 heterocycles. The first-order valence-electron chi connectivity index (χ1n) is 7.22. The highest BCUT2D eigenvalue weighted by Gasteiger charge is 2.15. The number of hydrogen-bond acceptors (Lipinski definition) is 4. The first-order valence-corrected chi connectivity index (χ1v) is 7.22. The van der Waals surface area contributed by atoms with Gasteiger partial charge >= 0.3 is 0 Å². The third-order valence-corrected chi connectivity index (χ3v) is 3.06. The number of amides is 1. The van der Waals surface area contributed by atoms with Crippen LogP contribution in [-0.2, 0) is 4.79 Å². The first kappa shape index (κ1) is 17.2. The van der Waals surface area contributed by atoms with Gasteiger partial charge in [-0.2, -0.15) is 0 Å². The molecule has 0 aliphatic carbocycles. The number of ether oxygens (including phenoxy) is 1. The molecule has 5 nitrogen and oxygen atoms in total. The Kier molecular flexibility index (Phi) is 6.88. The molecule has 1 rings (SSSR count). The van der Waals surface area contributed by atoms with Crippen LogP contribution in [0.3, 0.4) is 0 Å². The zero-order chi connectivity index (χ0) is 15.8. The van der Waals surface area contributed by atoms with E-state index in [9.17, 15) is 9.59 Å². The minimum absolute atomic E-state index is 0.0305. The van der Waals surface area contributed by atoms with Gasteiger partial charge in [-0.15, -0.1) is 0 Å². The lowest BCUT2D eigenvalue weighted by atomic mass is 10.1. The van der Waals surface area contributed by atoms with Gasteiger partial charge in [0.1, 0.15) is 5.75 Å². The van der Waals surface area contributed by atoms with E-state index in [-0.39, 0.29) is 17.7 Å². The number of nitrogens with one attached hydrogen (secondary N) is 2. The van der Waals surface area contributed by atoms with Gasteiger partial charge in [0.25, 0.3) is 5.91 Å². The maximum absolute atomic E-state index is 11.9. The summed E-state index contributed by atoms with van der Waals surface area (Å²) in [7, 11) is 0. The van der Waals surface area contributed by atoms with Crippen molar-refractivity contribution in [2.24, 2.45) is 0 Å². The summed E-state index contributed by atoms with van der Waals surface area (Å²) in [5, 5.41) is 6.05. The number of carbonyl (C=O) groups excluding carboxylic acids is 2. The molecule has 116 valence electrons. The van der Waals surface area contributed by atoms with E-state index in [0.717, 1.165) is 6.54 Å². The van der Waals surface area contributed by atoms with E-state index in [4.69, 9.17) is 4.74 Å². The molecule has 0 radical (unpaired) electrons. The summed E-state index contributed by atoms with van der Waals surface area (Å²) in [6.45, 7) is 8.62. The minimum atomic E-state index is -0.610. The van der Waals surface area contributed by atoms with Gasteiger partial charge in [0.15, 0.2) is 11.9 Å². The fourth-order valence-electron chi connectivity index (χ4n) is 1.86. The topological polar surface area (TPSA) is 67.4 Å². The average molecular weight is 292 g/mol. The summed E-state index contributed by atoms with van der Waals surface area (Å²) in [5.74, 6) is 0.315. The van der Waals surface area contributed by atoms with E-state index < -0.39 is 6.10 Å². The molecule has 0 saturated carbocycles. The smallest absolute Gasteiger partial charge is 0.260 e. The molecule has 5 heteroatoms. The summed E-state index contributed by atoms with van der Waals surface area (Å²) in [6.07, 6.45) is -0.610. The molecular formula is C16H24N2O3. The van der Waals surface area contributed by atoms with E-state index in [1.807, 2.05) is 13.8 Å². The fraction of sp³-hybridized carbons (Fsp3) is 0.500. The Balaban J connectivity index is 2.52. The summed E-state index contributed by atoms with van der Waals surface area (Å²) in [5.41, 5.74) is 0.570. The van der Waals surface area contributed by atoms with Crippen molar-refractivity contribution < 1.29 is 14.3 Å². The molecule has 0 aromatic heterocycles. The molecule has 0 bridgehead atoms. The second-order valence-corrected chi connectivity index (χ2v) is 5.05. The predicted molar refractivity (Wildman–Crippen MR) is 82.7 cm³/mol. The fourth-order valence-corrected chi connectivity index (χ4v) is 1.86. The summed E-state index contributed by atoms with van der Waals surface area (Å²) in [6, 6.07) is 7.06. The Morgan fingerprint density at radius 1 is 1.29 bits per heavy atom. The summed E-state index contributed by atoms with van der Waals surface area (Å²) < 4.78 is 5.57. The standard InChI is InChI=1S/C16H24N2O3/c1-5-17-11(2)10-18-16(20)13(4)21-15-8-6-7-14(9-15)12(3)19/h6-9,11,13,17H,5,10H2,1-4H3,(H,18,20)/t11-,13?/m1/s1. The lowest BCUT2D eigenvalue weighted by Crippen LogP contribution is -2.43. The Morgan fingerprint density at radius 2 is 2.00 bits per heavy atom. The highest BCUT2D eigenvalue weighted by atomic mass is 16.5. The van der Waals surface area contributed by atoms with Crippen LogP contribution in [0.4, 0.5) is 0 Å². The van der Waals surface area contributed by atoms with Crippen LogP contribution in [0.25, 0.3) is 0 Å². The van der Waals surface area contributed by atoms with Gasteiger partial charge in [0.05, 0.1) is 0 Å². The molecule has 0 aliphatic heterocycles. The van der Waals surface area contributed by atoms with Crippen molar-refractivity contribution >= 4 is 11.7 Å². The first-order chi connectivity index (χ1) is 9.93. The highest BCUT2D eigenvalue weighted by Crippen LogP contribution is 2.15. The number of ketones is 1. The lowest BCUT2D eigenvalue weighted by Gasteiger charge is -2.17. The SMILES string of the molecule is CCN[C@H](C)CNC(=O)C(C)Oc1cccc(C(C)=O)c1. The van der Waals surface area contributed by atoms with Crippen LogP contribution in [0, 0.1) is 0 Å². The molecule has 0 spiro atoms. The monoisotopic (exact) mass is 292 g/mol. The number of benzene rings is 1. The molecule has 1 amide bonds. The molecule has 2 atom stereocenters. The summed E-state index contributed by atoms with van der Waals surface area (Å²) in [4.78, 5) is 23.3. The van der Waals surface area contributed by atoms with Crippen molar-refractivity contribution in [1.82, 2.24) is 10.6 Å².